The van der Waals surface area contributed by atoms with Crippen molar-refractivity contribution >= 4 is 23.3 Å². The van der Waals surface area contributed by atoms with Gasteiger partial charge in [-0.25, -0.2) is 4.79 Å². The highest BCUT2D eigenvalue weighted by Gasteiger charge is 2.39. The average Bonchev–Trinajstić information content (AvgIpc) is 2.83. The Kier molecular flexibility index (Phi) is 7.21. The van der Waals surface area contributed by atoms with E-state index in [0.29, 0.717) is 12.8 Å². The van der Waals surface area contributed by atoms with E-state index in [4.69, 9.17) is 19.3 Å². The molecule has 8 heteroatoms. The van der Waals surface area contributed by atoms with E-state index in [1.807, 2.05) is 13.8 Å². The second-order valence-corrected chi connectivity index (χ2v) is 8.20. The van der Waals surface area contributed by atoms with Crippen molar-refractivity contribution in [2.24, 2.45) is 0 Å². The quantitative estimate of drug-likeness (QED) is 0.477. The predicted octanol–water partition coefficient (Wildman–Crippen LogP) is 3.86. The van der Waals surface area contributed by atoms with E-state index >= 15 is 0 Å². The van der Waals surface area contributed by atoms with Gasteiger partial charge in [0.25, 0.3) is 0 Å². The first-order valence-electron chi connectivity index (χ1n) is 11.1. The molecule has 1 N–H and O–H groups in total. The first-order valence-corrected chi connectivity index (χ1v) is 11.1. The summed E-state index contributed by atoms with van der Waals surface area (Å²) in [6.07, 6.45) is -0.938. The van der Waals surface area contributed by atoms with Crippen molar-refractivity contribution in [3.05, 3.63) is 58.7 Å². The third kappa shape index (κ3) is 4.46. The number of carbonyl (C=O) groups excluding carboxylic acids is 3. The summed E-state index contributed by atoms with van der Waals surface area (Å²) in [4.78, 5) is 50.2. The van der Waals surface area contributed by atoms with Crippen LogP contribution in [-0.4, -0.2) is 53.3 Å². The lowest BCUT2D eigenvalue weighted by Gasteiger charge is -2.31. The minimum absolute atomic E-state index is 0.139. The number of fused-ring (bicyclic) bond motifs is 2. The molecule has 0 saturated heterocycles. The Hall–Kier alpha value is -3.52. The van der Waals surface area contributed by atoms with Crippen LogP contribution in [0.3, 0.4) is 0 Å². The number of hydrogen-bond donors (Lipinski definition) is 1. The Morgan fingerprint density at radius 3 is 1.65 bits per heavy atom. The third-order valence-corrected chi connectivity index (χ3v) is 6.29. The van der Waals surface area contributed by atoms with Gasteiger partial charge in [-0.15, -0.1) is 0 Å². The molecule has 2 aromatic rings. The first kappa shape index (κ1) is 25.1. The Morgan fingerprint density at radius 1 is 0.824 bits per heavy atom. The summed E-state index contributed by atoms with van der Waals surface area (Å²) in [5, 5.41) is 9.03. The number of methoxy groups -OCH3 is 1. The van der Waals surface area contributed by atoms with E-state index in [-0.39, 0.29) is 51.1 Å². The highest BCUT2D eigenvalue weighted by molar-refractivity contribution is 6.28. The van der Waals surface area contributed by atoms with Crippen molar-refractivity contribution in [3.63, 3.8) is 0 Å². The van der Waals surface area contributed by atoms with Gasteiger partial charge in [-0.05, 0) is 63.1 Å². The van der Waals surface area contributed by atoms with Gasteiger partial charge in [0.2, 0.25) is 5.78 Å². The normalized spacial score (nSPS) is 14.6. The van der Waals surface area contributed by atoms with Gasteiger partial charge in [-0.2, -0.15) is 0 Å². The van der Waals surface area contributed by atoms with Crippen molar-refractivity contribution in [1.29, 1.82) is 0 Å². The fraction of sp³-hybridized carbons (Fsp3) is 0.385. The van der Waals surface area contributed by atoms with Crippen LogP contribution in [-0.2, 0) is 14.3 Å². The molecule has 0 aliphatic heterocycles. The van der Waals surface area contributed by atoms with E-state index in [9.17, 15) is 19.2 Å². The molecule has 2 aromatic carbocycles. The van der Waals surface area contributed by atoms with Crippen LogP contribution in [0.1, 0.15) is 72.4 Å². The molecule has 8 nitrogen and oxygen atoms in total. The molecule has 0 saturated carbocycles. The third-order valence-electron chi connectivity index (χ3n) is 6.29. The standard InChI is InChI=1S/C26H28O8/c1-6-26(7-2,32-5)24(29)14(3)33-16-8-10-18-20(12-16)22(27)19-11-9-17(13-21(19)23(18)28)34-15(4)25(30)31/h8-15H,6-7H2,1-5H3,(H,30,31). The zero-order valence-electron chi connectivity index (χ0n) is 19.8. The molecule has 0 heterocycles. The number of benzene rings is 2. The zero-order chi connectivity index (χ0) is 25.2. The first-order chi connectivity index (χ1) is 16.1. The smallest absolute Gasteiger partial charge is 0.344 e. The van der Waals surface area contributed by atoms with Crippen LogP contribution in [0, 0.1) is 0 Å². The Morgan fingerprint density at radius 2 is 1.26 bits per heavy atom. The molecule has 1 aliphatic rings. The van der Waals surface area contributed by atoms with Gasteiger partial charge in [-0.3, -0.25) is 14.4 Å². The van der Waals surface area contributed by atoms with E-state index in [1.165, 1.54) is 50.4 Å². The lowest BCUT2D eigenvalue weighted by Crippen LogP contribution is -2.46. The molecule has 2 unspecified atom stereocenters. The molecule has 0 spiro atoms. The summed E-state index contributed by atoms with van der Waals surface area (Å²) in [7, 11) is 1.50. The molecular weight excluding hydrogens is 440 g/mol. The highest BCUT2D eigenvalue weighted by Crippen LogP contribution is 2.33. The molecule has 3 rings (SSSR count). The van der Waals surface area contributed by atoms with Gasteiger partial charge >= 0.3 is 5.97 Å². The molecule has 0 aromatic heterocycles. The van der Waals surface area contributed by atoms with Crippen molar-refractivity contribution < 1.29 is 38.5 Å². The number of ketones is 3. The SMILES string of the molecule is CCC(CC)(OC)C(=O)C(C)Oc1ccc2c(c1)C(=O)c1ccc(OC(C)C(=O)O)cc1C2=O. The van der Waals surface area contributed by atoms with Crippen LogP contribution in [0.5, 0.6) is 11.5 Å². The van der Waals surface area contributed by atoms with Gasteiger partial charge in [-0.1, -0.05) is 13.8 Å². The van der Waals surface area contributed by atoms with Gasteiger partial charge in [0.05, 0.1) is 0 Å². The van der Waals surface area contributed by atoms with Crippen LogP contribution in [0.4, 0.5) is 0 Å². The van der Waals surface area contributed by atoms with Crippen molar-refractivity contribution in [2.75, 3.05) is 7.11 Å². The van der Waals surface area contributed by atoms with Gasteiger partial charge in [0.15, 0.2) is 23.8 Å². The van der Waals surface area contributed by atoms with Crippen LogP contribution < -0.4 is 9.47 Å². The molecule has 180 valence electrons. The lowest BCUT2D eigenvalue weighted by atomic mass is 9.84. The number of carboxylic acid groups (broad SMARTS) is 1. The van der Waals surface area contributed by atoms with Crippen molar-refractivity contribution in [2.45, 2.75) is 58.3 Å². The van der Waals surface area contributed by atoms with Gasteiger partial charge in [0, 0.05) is 29.4 Å². The van der Waals surface area contributed by atoms with Crippen LogP contribution >= 0.6 is 0 Å². The minimum Gasteiger partial charge on any atom is -0.483 e. The molecule has 0 bridgehead atoms. The Balaban J connectivity index is 1.88. The average molecular weight is 469 g/mol. The number of Topliss-reactive ketones (excluding diaryl/α,β-unsaturated/α-hetero) is 1. The summed E-state index contributed by atoms with van der Waals surface area (Å²) >= 11 is 0. The fourth-order valence-corrected chi connectivity index (χ4v) is 4.13. The number of ether oxygens (including phenoxy) is 3. The van der Waals surface area contributed by atoms with E-state index in [0.717, 1.165) is 0 Å². The van der Waals surface area contributed by atoms with Crippen LogP contribution in [0.2, 0.25) is 0 Å². The number of carboxylic acids is 1. The zero-order valence-corrected chi connectivity index (χ0v) is 19.8. The van der Waals surface area contributed by atoms with Crippen molar-refractivity contribution in [1.82, 2.24) is 0 Å². The Labute approximate surface area is 197 Å². The second-order valence-electron chi connectivity index (χ2n) is 8.20. The molecule has 2 atom stereocenters. The summed E-state index contributed by atoms with van der Waals surface area (Å²) in [5.74, 6) is -1.64. The minimum atomic E-state index is -1.15. The number of carbonyl (C=O) groups is 4. The van der Waals surface area contributed by atoms with Crippen LogP contribution in [0.15, 0.2) is 36.4 Å². The molecule has 34 heavy (non-hydrogen) atoms. The lowest BCUT2D eigenvalue weighted by molar-refractivity contribution is -0.148. The van der Waals surface area contributed by atoms with Crippen molar-refractivity contribution in [3.8, 4) is 11.5 Å². The number of hydrogen-bond acceptors (Lipinski definition) is 7. The highest BCUT2D eigenvalue weighted by atomic mass is 16.5. The van der Waals surface area contributed by atoms with E-state index in [2.05, 4.69) is 0 Å². The maximum absolute atomic E-state index is 13.1. The van der Waals surface area contributed by atoms with E-state index < -0.39 is 23.8 Å². The second kappa shape index (κ2) is 9.77. The summed E-state index contributed by atoms with van der Waals surface area (Å²) in [6.45, 7) is 6.74. The van der Waals surface area contributed by atoms with Gasteiger partial charge < -0.3 is 19.3 Å². The Bertz CT molecular complexity index is 1140. The van der Waals surface area contributed by atoms with Crippen LogP contribution in [0.25, 0.3) is 0 Å². The maximum Gasteiger partial charge on any atom is 0.344 e. The number of rotatable bonds is 10. The summed E-state index contributed by atoms with van der Waals surface area (Å²) in [5.41, 5.74) is -0.257. The number of aliphatic carboxylic acids is 1. The molecule has 0 amide bonds. The topological polar surface area (TPSA) is 116 Å². The summed E-state index contributed by atoms with van der Waals surface area (Å²) in [6, 6.07) is 8.76. The molecular formula is C26H28O8. The summed E-state index contributed by atoms with van der Waals surface area (Å²) < 4.78 is 16.7. The largest absolute Gasteiger partial charge is 0.483 e. The van der Waals surface area contributed by atoms with Gasteiger partial charge in [0.1, 0.15) is 17.1 Å². The monoisotopic (exact) mass is 468 g/mol. The molecule has 1 aliphatic carbocycles. The molecule has 0 radical (unpaired) electrons. The molecule has 0 fully saturated rings. The fourth-order valence-electron chi connectivity index (χ4n) is 4.13. The predicted molar refractivity (Wildman–Crippen MR) is 123 cm³/mol. The maximum atomic E-state index is 13.1. The van der Waals surface area contributed by atoms with E-state index in [1.54, 1.807) is 6.92 Å².